The smallest absolute Gasteiger partial charge is 0.221 e. The number of hydrogen-bond acceptors (Lipinski definition) is 5. The molecule has 1 aliphatic heterocycles. The van der Waals surface area contributed by atoms with Gasteiger partial charge in [0.05, 0.1) is 11.2 Å². The lowest BCUT2D eigenvalue weighted by Crippen LogP contribution is -2.33. The van der Waals surface area contributed by atoms with E-state index in [2.05, 4.69) is 15.2 Å². The number of benzene rings is 2. The predicted octanol–water partition coefficient (Wildman–Crippen LogP) is 4.67. The largest absolute Gasteiger partial charge is 0.484 e. The maximum atomic E-state index is 14.5. The molecule has 0 saturated carbocycles. The van der Waals surface area contributed by atoms with Crippen molar-refractivity contribution in [3.8, 4) is 5.75 Å². The number of halogens is 1. The van der Waals surface area contributed by atoms with E-state index >= 15 is 0 Å². The third-order valence-corrected chi connectivity index (χ3v) is 6.71. The average molecular weight is 454 g/mol. The van der Waals surface area contributed by atoms with Gasteiger partial charge in [0, 0.05) is 48.6 Å². The van der Waals surface area contributed by atoms with Crippen LogP contribution in [0.2, 0.25) is 0 Å². The summed E-state index contributed by atoms with van der Waals surface area (Å²) in [5, 5.41) is 3.02. The van der Waals surface area contributed by atoms with Crippen molar-refractivity contribution in [3.05, 3.63) is 81.6 Å². The topological polar surface area (TPSA) is 54.5 Å². The molecular formula is C25H28FN3O2S. The number of amides is 1. The fourth-order valence-corrected chi connectivity index (χ4v) is 4.76. The Morgan fingerprint density at radius 1 is 1.25 bits per heavy atom. The molecule has 2 heterocycles. The van der Waals surface area contributed by atoms with Gasteiger partial charge in [0.15, 0.2) is 0 Å². The number of fused-ring (bicyclic) bond motifs is 1. The lowest BCUT2D eigenvalue weighted by atomic mass is 10.1. The second-order valence-electron chi connectivity index (χ2n) is 8.04. The molecule has 0 radical (unpaired) electrons. The number of thiazole rings is 1. The Kier molecular flexibility index (Phi) is 7.50. The van der Waals surface area contributed by atoms with Crippen LogP contribution >= 0.6 is 11.3 Å². The number of carbonyl (C=O) groups is 1. The first-order valence-corrected chi connectivity index (χ1v) is 11.8. The third-order valence-electron chi connectivity index (χ3n) is 5.71. The molecule has 1 aliphatic rings. The van der Waals surface area contributed by atoms with Crippen molar-refractivity contribution in [1.29, 1.82) is 0 Å². The summed E-state index contributed by atoms with van der Waals surface area (Å²) in [5.41, 5.74) is 4.53. The number of aryl methyl sites for hydroxylation is 2. The van der Waals surface area contributed by atoms with Crippen molar-refractivity contribution in [2.24, 2.45) is 0 Å². The molecule has 168 valence electrons. The monoisotopic (exact) mass is 453 g/mol. The summed E-state index contributed by atoms with van der Waals surface area (Å²) in [6, 6.07) is 14.6. The molecule has 1 atom stereocenters. The predicted molar refractivity (Wildman–Crippen MR) is 124 cm³/mol. The number of nitrogens with zero attached hydrogens (tertiary/aromatic N) is 2. The van der Waals surface area contributed by atoms with Crippen LogP contribution in [0.5, 0.6) is 5.75 Å². The van der Waals surface area contributed by atoms with E-state index in [1.807, 2.05) is 42.8 Å². The minimum atomic E-state index is -0.425. The van der Waals surface area contributed by atoms with Crippen molar-refractivity contribution in [3.63, 3.8) is 0 Å². The van der Waals surface area contributed by atoms with Crippen LogP contribution in [0.4, 0.5) is 4.39 Å². The maximum Gasteiger partial charge on any atom is 0.221 e. The van der Waals surface area contributed by atoms with Gasteiger partial charge in [0.2, 0.25) is 5.91 Å². The average Bonchev–Trinajstić information content (AvgIpc) is 3.10. The van der Waals surface area contributed by atoms with E-state index in [4.69, 9.17) is 4.74 Å². The Hall–Kier alpha value is -2.77. The zero-order chi connectivity index (χ0) is 22.3. The van der Waals surface area contributed by atoms with Gasteiger partial charge in [-0.15, -0.1) is 11.3 Å². The second kappa shape index (κ2) is 10.7. The van der Waals surface area contributed by atoms with Gasteiger partial charge >= 0.3 is 0 Å². The highest BCUT2D eigenvalue weighted by Crippen LogP contribution is 2.32. The minimum absolute atomic E-state index is 0.0342. The number of nitrogens with one attached hydrogen (secondary N) is 1. The zero-order valence-electron chi connectivity index (χ0n) is 18.2. The lowest BCUT2D eigenvalue weighted by molar-refractivity contribution is -0.121. The van der Waals surface area contributed by atoms with Crippen LogP contribution in [-0.2, 0) is 17.8 Å². The Morgan fingerprint density at radius 2 is 2.06 bits per heavy atom. The number of carbonyl (C=O) groups excluding carboxylic acids is 1. The lowest BCUT2D eigenvalue weighted by Gasteiger charge is -2.24. The minimum Gasteiger partial charge on any atom is -0.484 e. The fourth-order valence-electron chi connectivity index (χ4n) is 3.94. The van der Waals surface area contributed by atoms with Gasteiger partial charge in [-0.25, -0.2) is 9.37 Å². The van der Waals surface area contributed by atoms with E-state index in [0.29, 0.717) is 38.2 Å². The summed E-state index contributed by atoms with van der Waals surface area (Å²) in [7, 11) is 0. The molecule has 0 saturated heterocycles. The Bertz CT molecular complexity index is 1050. The van der Waals surface area contributed by atoms with Crippen LogP contribution in [0.3, 0.4) is 0 Å². The molecule has 1 aromatic heterocycles. The van der Waals surface area contributed by atoms with Crippen molar-refractivity contribution in [2.75, 3.05) is 19.6 Å². The molecule has 32 heavy (non-hydrogen) atoms. The number of para-hydroxylation sites is 1. The van der Waals surface area contributed by atoms with Gasteiger partial charge in [-0.3, -0.25) is 9.69 Å². The van der Waals surface area contributed by atoms with Crippen LogP contribution in [-0.4, -0.2) is 35.4 Å². The first-order chi connectivity index (χ1) is 15.6. The zero-order valence-corrected chi connectivity index (χ0v) is 19.0. The number of aromatic nitrogens is 1. The van der Waals surface area contributed by atoms with E-state index in [1.165, 1.54) is 10.9 Å². The van der Waals surface area contributed by atoms with E-state index in [1.54, 1.807) is 23.5 Å². The van der Waals surface area contributed by atoms with Crippen molar-refractivity contribution in [1.82, 2.24) is 15.2 Å². The summed E-state index contributed by atoms with van der Waals surface area (Å²) >= 11 is 1.66. The summed E-state index contributed by atoms with van der Waals surface area (Å²) in [6.07, 6.45) is 1.80. The van der Waals surface area contributed by atoms with E-state index < -0.39 is 6.10 Å². The van der Waals surface area contributed by atoms with Crippen molar-refractivity contribution >= 4 is 17.2 Å². The normalized spacial score (nSPS) is 16.1. The van der Waals surface area contributed by atoms with Gasteiger partial charge in [-0.2, -0.15) is 0 Å². The second-order valence-corrected chi connectivity index (χ2v) is 8.97. The van der Waals surface area contributed by atoms with Gasteiger partial charge in [0.1, 0.15) is 17.7 Å². The fraction of sp³-hybridized carbons (Fsp3) is 0.360. The summed E-state index contributed by atoms with van der Waals surface area (Å²) < 4.78 is 20.7. The van der Waals surface area contributed by atoms with Gasteiger partial charge < -0.3 is 10.1 Å². The summed E-state index contributed by atoms with van der Waals surface area (Å²) in [4.78, 5) is 20.1. The highest BCUT2D eigenvalue weighted by atomic mass is 32.1. The highest BCUT2D eigenvalue weighted by Gasteiger charge is 2.26. The molecule has 5 nitrogen and oxygen atoms in total. The molecule has 0 spiro atoms. The van der Waals surface area contributed by atoms with Crippen LogP contribution in [0.25, 0.3) is 0 Å². The summed E-state index contributed by atoms with van der Waals surface area (Å²) in [5.74, 6) is 0.531. The Labute approximate surface area is 192 Å². The van der Waals surface area contributed by atoms with Crippen molar-refractivity contribution < 1.29 is 13.9 Å². The molecule has 0 aliphatic carbocycles. The molecule has 3 aromatic rings. The standard InChI is InChI=1S/C25H28FN3O2S/c1-18-24(32-17-28-18)11-6-13-27-25(30)12-14-29-15-19-7-2-5-10-22(19)31-23(16-29)20-8-3-4-9-21(20)26/h2-5,7-10,17,23H,6,11-16H2,1H3,(H,27,30)/t23-/m1/s1. The van der Waals surface area contributed by atoms with E-state index in [0.717, 1.165) is 29.8 Å². The molecule has 0 fully saturated rings. The van der Waals surface area contributed by atoms with E-state index in [9.17, 15) is 9.18 Å². The maximum absolute atomic E-state index is 14.5. The first kappa shape index (κ1) is 22.4. The third kappa shape index (κ3) is 5.72. The molecule has 2 aromatic carbocycles. The summed E-state index contributed by atoms with van der Waals surface area (Å²) in [6.45, 7) is 4.44. The Morgan fingerprint density at radius 3 is 2.88 bits per heavy atom. The first-order valence-electron chi connectivity index (χ1n) is 11.0. The Balaban J connectivity index is 1.33. The molecule has 0 bridgehead atoms. The van der Waals surface area contributed by atoms with Gasteiger partial charge in [-0.1, -0.05) is 36.4 Å². The SMILES string of the molecule is Cc1ncsc1CCCNC(=O)CCN1Cc2ccccc2O[C@@H](c2ccccc2F)C1. The van der Waals surface area contributed by atoms with Crippen LogP contribution in [0.15, 0.2) is 54.0 Å². The molecular weight excluding hydrogens is 425 g/mol. The van der Waals surface area contributed by atoms with Crippen LogP contribution < -0.4 is 10.1 Å². The molecule has 4 rings (SSSR count). The van der Waals surface area contributed by atoms with E-state index in [-0.39, 0.29) is 11.7 Å². The number of hydrogen-bond donors (Lipinski definition) is 1. The molecule has 7 heteroatoms. The number of rotatable bonds is 8. The van der Waals surface area contributed by atoms with Gasteiger partial charge in [0.25, 0.3) is 0 Å². The molecule has 1 N–H and O–H groups in total. The number of ether oxygens (including phenoxy) is 1. The highest BCUT2D eigenvalue weighted by molar-refractivity contribution is 7.09. The van der Waals surface area contributed by atoms with Crippen molar-refractivity contribution in [2.45, 2.75) is 38.8 Å². The van der Waals surface area contributed by atoms with Crippen LogP contribution in [0, 0.1) is 12.7 Å². The quantitative estimate of drug-likeness (QED) is 0.504. The molecule has 0 unspecified atom stereocenters. The van der Waals surface area contributed by atoms with Crippen LogP contribution in [0.1, 0.15) is 40.6 Å². The molecule has 1 amide bonds. The van der Waals surface area contributed by atoms with Gasteiger partial charge in [-0.05, 0) is 31.9 Å².